The van der Waals surface area contributed by atoms with Gasteiger partial charge in [-0.15, -0.1) is 0 Å². The van der Waals surface area contributed by atoms with Crippen molar-refractivity contribution in [3.8, 4) is 17.4 Å². The number of nitrogen functional groups attached to an aromatic ring is 1. The molecule has 0 atom stereocenters. The van der Waals surface area contributed by atoms with E-state index in [-0.39, 0.29) is 23.9 Å². The Morgan fingerprint density at radius 3 is 2.79 bits per heavy atom. The van der Waals surface area contributed by atoms with Crippen molar-refractivity contribution in [1.29, 1.82) is 0 Å². The molecular weight excluding hydrogens is 370 g/mol. The third-order valence-electron chi connectivity index (χ3n) is 4.21. The van der Waals surface area contributed by atoms with Crippen LogP contribution in [0.15, 0.2) is 47.3 Å². The number of anilines is 2. The van der Waals surface area contributed by atoms with Gasteiger partial charge in [0.15, 0.2) is 11.6 Å². The lowest BCUT2D eigenvalue weighted by Crippen LogP contribution is -2.21. The number of ether oxygens (including phenoxy) is 2. The number of benzene rings is 2. The lowest BCUT2D eigenvalue weighted by molar-refractivity contribution is 0.291. The Hall–Kier alpha value is -3.62. The zero-order valence-electron chi connectivity index (χ0n) is 14.6. The maximum Gasteiger partial charge on any atom is 0.352 e. The molecule has 9 heteroatoms. The zero-order valence-corrected chi connectivity index (χ0v) is 14.6. The molecule has 0 bridgehead atoms. The lowest BCUT2D eigenvalue weighted by atomic mass is 10.2. The van der Waals surface area contributed by atoms with Gasteiger partial charge >= 0.3 is 5.69 Å². The van der Waals surface area contributed by atoms with Gasteiger partial charge in [-0.2, -0.15) is 4.98 Å². The summed E-state index contributed by atoms with van der Waals surface area (Å²) >= 11 is 0. The second kappa shape index (κ2) is 7.18. The van der Waals surface area contributed by atoms with Crippen LogP contribution < -0.4 is 26.2 Å². The van der Waals surface area contributed by atoms with Crippen molar-refractivity contribution in [2.45, 2.75) is 13.2 Å². The first-order valence-corrected chi connectivity index (χ1v) is 8.49. The van der Waals surface area contributed by atoms with E-state index >= 15 is 0 Å². The molecule has 3 aromatic rings. The number of halogens is 2. The molecule has 7 nitrogen and oxygen atoms in total. The summed E-state index contributed by atoms with van der Waals surface area (Å²) in [5.41, 5.74) is 6.64. The maximum atomic E-state index is 13.3. The minimum atomic E-state index is -1.01. The van der Waals surface area contributed by atoms with Gasteiger partial charge in [0, 0.05) is 25.2 Å². The molecule has 144 valence electrons. The standard InChI is InChI=1S/C19H16F2N4O3/c20-13-3-2-12(8-14(13)21)28-16-4-1-11(7-15(16)22)10-27-18-9-17-23-5-6-25(17)19(26)24-18/h1-4,7-9,23H,5-6,10,22H2. The molecule has 0 saturated heterocycles. The molecular formula is C19H16F2N4O3. The van der Waals surface area contributed by atoms with Gasteiger partial charge in [0.2, 0.25) is 5.88 Å². The van der Waals surface area contributed by atoms with E-state index in [1.807, 2.05) is 0 Å². The number of fused-ring (bicyclic) bond motifs is 1. The van der Waals surface area contributed by atoms with Gasteiger partial charge in [-0.3, -0.25) is 4.57 Å². The topological polar surface area (TPSA) is 91.4 Å². The molecule has 0 aliphatic carbocycles. The molecule has 1 aliphatic heterocycles. The van der Waals surface area contributed by atoms with Gasteiger partial charge in [0.05, 0.1) is 5.69 Å². The van der Waals surface area contributed by atoms with Crippen LogP contribution in [0, 0.1) is 11.6 Å². The Morgan fingerprint density at radius 1 is 1.14 bits per heavy atom. The Kier molecular flexibility index (Phi) is 4.56. The van der Waals surface area contributed by atoms with Crippen LogP contribution in [0.4, 0.5) is 20.3 Å². The van der Waals surface area contributed by atoms with Gasteiger partial charge in [-0.25, -0.2) is 13.6 Å². The van der Waals surface area contributed by atoms with Gasteiger partial charge in [-0.1, -0.05) is 6.07 Å². The average molecular weight is 386 g/mol. The fourth-order valence-corrected chi connectivity index (χ4v) is 2.82. The molecule has 1 aromatic heterocycles. The summed E-state index contributed by atoms with van der Waals surface area (Å²) < 4.78 is 38.9. The first-order chi connectivity index (χ1) is 13.5. The minimum Gasteiger partial charge on any atom is -0.473 e. The first-order valence-electron chi connectivity index (χ1n) is 8.49. The van der Waals surface area contributed by atoms with E-state index in [9.17, 15) is 13.6 Å². The molecule has 0 fully saturated rings. The smallest absolute Gasteiger partial charge is 0.352 e. The van der Waals surface area contributed by atoms with E-state index in [1.54, 1.807) is 24.3 Å². The van der Waals surface area contributed by atoms with Crippen LogP contribution in [-0.2, 0) is 13.2 Å². The predicted octanol–water partition coefficient (Wildman–Crippen LogP) is 2.90. The highest BCUT2D eigenvalue weighted by Crippen LogP contribution is 2.29. The lowest BCUT2D eigenvalue weighted by Gasteiger charge is -2.11. The Balaban J connectivity index is 1.45. The SMILES string of the molecule is Nc1cc(COc2cc3n(c(=O)n2)CCN3)ccc1Oc1ccc(F)c(F)c1. The number of nitrogens with two attached hydrogens (primary N) is 1. The van der Waals surface area contributed by atoms with E-state index in [4.69, 9.17) is 15.2 Å². The Labute approximate surface area is 158 Å². The molecule has 2 heterocycles. The molecule has 3 N–H and O–H groups in total. The third kappa shape index (κ3) is 3.59. The minimum absolute atomic E-state index is 0.130. The van der Waals surface area contributed by atoms with Crippen LogP contribution in [0.2, 0.25) is 0 Å². The van der Waals surface area contributed by atoms with Crippen molar-refractivity contribution in [1.82, 2.24) is 9.55 Å². The van der Waals surface area contributed by atoms with Crippen LogP contribution in [0.5, 0.6) is 17.4 Å². The fraction of sp³-hybridized carbons (Fsp3) is 0.158. The zero-order chi connectivity index (χ0) is 19.7. The Morgan fingerprint density at radius 2 is 2.00 bits per heavy atom. The highest BCUT2D eigenvalue weighted by molar-refractivity contribution is 5.55. The number of hydrogen-bond acceptors (Lipinski definition) is 6. The molecule has 28 heavy (non-hydrogen) atoms. The van der Waals surface area contributed by atoms with Crippen LogP contribution in [-0.4, -0.2) is 16.1 Å². The summed E-state index contributed by atoms with van der Waals surface area (Å²) in [6.07, 6.45) is 0. The van der Waals surface area contributed by atoms with Crippen molar-refractivity contribution in [3.63, 3.8) is 0 Å². The average Bonchev–Trinajstić information content (AvgIpc) is 3.14. The van der Waals surface area contributed by atoms with E-state index in [0.717, 1.165) is 17.7 Å². The second-order valence-electron chi connectivity index (χ2n) is 6.18. The van der Waals surface area contributed by atoms with E-state index in [1.165, 1.54) is 10.6 Å². The van der Waals surface area contributed by atoms with Crippen LogP contribution in [0.1, 0.15) is 5.56 Å². The van der Waals surface area contributed by atoms with E-state index < -0.39 is 11.6 Å². The first kappa shape index (κ1) is 17.8. The van der Waals surface area contributed by atoms with Gasteiger partial charge in [0.1, 0.15) is 23.9 Å². The normalized spacial score (nSPS) is 12.4. The van der Waals surface area contributed by atoms with Crippen molar-refractivity contribution in [3.05, 3.63) is 70.1 Å². The summed E-state index contributed by atoms with van der Waals surface area (Å²) in [5, 5.41) is 3.08. The van der Waals surface area contributed by atoms with Gasteiger partial charge < -0.3 is 20.5 Å². The molecule has 0 amide bonds. The molecule has 2 aromatic carbocycles. The van der Waals surface area contributed by atoms with Gasteiger partial charge in [-0.05, 0) is 29.8 Å². The molecule has 0 unspecified atom stereocenters. The van der Waals surface area contributed by atoms with Crippen molar-refractivity contribution in [2.24, 2.45) is 0 Å². The summed E-state index contributed by atoms with van der Waals surface area (Å²) in [7, 11) is 0. The second-order valence-corrected chi connectivity index (χ2v) is 6.18. The highest BCUT2D eigenvalue weighted by Gasteiger charge is 2.14. The largest absolute Gasteiger partial charge is 0.473 e. The monoisotopic (exact) mass is 386 g/mol. The molecule has 0 radical (unpaired) electrons. The summed E-state index contributed by atoms with van der Waals surface area (Å²) in [6.45, 7) is 1.40. The number of nitrogens with one attached hydrogen (secondary N) is 1. The Bertz CT molecular complexity index is 1100. The van der Waals surface area contributed by atoms with Gasteiger partial charge in [0.25, 0.3) is 0 Å². The molecule has 0 spiro atoms. The summed E-state index contributed by atoms with van der Waals surface area (Å²) in [4.78, 5) is 15.8. The molecule has 1 aliphatic rings. The predicted molar refractivity (Wildman–Crippen MR) is 98.6 cm³/mol. The van der Waals surface area contributed by atoms with Crippen LogP contribution in [0.3, 0.4) is 0 Å². The summed E-state index contributed by atoms with van der Waals surface area (Å²) in [5.74, 6) is -0.648. The van der Waals surface area contributed by atoms with E-state index in [0.29, 0.717) is 30.3 Å². The quantitative estimate of drug-likeness (QED) is 0.655. The van der Waals surface area contributed by atoms with Crippen LogP contribution >= 0.6 is 0 Å². The van der Waals surface area contributed by atoms with Crippen molar-refractivity contribution >= 4 is 11.5 Å². The maximum absolute atomic E-state index is 13.3. The number of rotatable bonds is 5. The molecule has 4 rings (SSSR count). The highest BCUT2D eigenvalue weighted by atomic mass is 19.2. The number of aromatic nitrogens is 2. The molecule has 0 saturated carbocycles. The number of nitrogens with zero attached hydrogens (tertiary/aromatic N) is 2. The number of hydrogen-bond donors (Lipinski definition) is 2. The van der Waals surface area contributed by atoms with Crippen molar-refractivity contribution < 1.29 is 18.3 Å². The van der Waals surface area contributed by atoms with Crippen LogP contribution in [0.25, 0.3) is 0 Å². The van der Waals surface area contributed by atoms with Crippen molar-refractivity contribution in [2.75, 3.05) is 17.6 Å². The van der Waals surface area contributed by atoms with E-state index in [2.05, 4.69) is 10.3 Å². The fourth-order valence-electron chi connectivity index (χ4n) is 2.82. The summed E-state index contributed by atoms with van der Waals surface area (Å²) in [6, 6.07) is 9.83. The third-order valence-corrected chi connectivity index (χ3v) is 4.21.